The van der Waals surface area contributed by atoms with Crippen LogP contribution in [0.2, 0.25) is 0 Å². The SMILES string of the molecule is COc1ccc(C)cc1CC(N)C1CC1(C)C. The number of hydrogen-bond acceptors (Lipinski definition) is 2. The summed E-state index contributed by atoms with van der Waals surface area (Å²) in [4.78, 5) is 0. The third kappa shape index (κ3) is 2.63. The Hall–Kier alpha value is -1.02. The lowest BCUT2D eigenvalue weighted by Gasteiger charge is -2.16. The van der Waals surface area contributed by atoms with E-state index in [0.717, 1.165) is 12.2 Å². The van der Waals surface area contributed by atoms with Crippen molar-refractivity contribution in [1.82, 2.24) is 0 Å². The third-order valence-electron chi connectivity index (χ3n) is 4.00. The van der Waals surface area contributed by atoms with E-state index in [-0.39, 0.29) is 6.04 Å². The van der Waals surface area contributed by atoms with Gasteiger partial charge in [0.15, 0.2) is 0 Å². The van der Waals surface area contributed by atoms with E-state index >= 15 is 0 Å². The lowest BCUT2D eigenvalue weighted by Crippen LogP contribution is -2.27. The van der Waals surface area contributed by atoms with Gasteiger partial charge in [0.05, 0.1) is 7.11 Å². The Labute approximate surface area is 104 Å². The fourth-order valence-electron chi connectivity index (χ4n) is 2.70. The van der Waals surface area contributed by atoms with Crippen molar-refractivity contribution >= 4 is 0 Å². The van der Waals surface area contributed by atoms with Gasteiger partial charge in [-0.25, -0.2) is 0 Å². The quantitative estimate of drug-likeness (QED) is 0.868. The third-order valence-corrected chi connectivity index (χ3v) is 4.00. The number of nitrogens with two attached hydrogens (primary N) is 1. The normalized spacial score (nSPS) is 23.2. The number of ether oxygens (including phenoxy) is 1. The molecule has 17 heavy (non-hydrogen) atoms. The molecule has 1 aromatic carbocycles. The molecule has 94 valence electrons. The summed E-state index contributed by atoms with van der Waals surface area (Å²) in [6, 6.07) is 6.55. The zero-order chi connectivity index (χ0) is 12.6. The summed E-state index contributed by atoms with van der Waals surface area (Å²) in [5.74, 6) is 1.62. The van der Waals surface area contributed by atoms with Crippen LogP contribution < -0.4 is 10.5 Å². The second-order valence-corrected chi connectivity index (χ2v) is 5.98. The van der Waals surface area contributed by atoms with Crippen LogP contribution in [0.25, 0.3) is 0 Å². The molecule has 1 aliphatic rings. The maximum atomic E-state index is 6.30. The first-order valence-corrected chi connectivity index (χ1v) is 6.33. The monoisotopic (exact) mass is 233 g/mol. The molecule has 0 amide bonds. The number of aryl methyl sites for hydroxylation is 1. The van der Waals surface area contributed by atoms with Crippen molar-refractivity contribution in [2.45, 2.75) is 39.7 Å². The summed E-state index contributed by atoms with van der Waals surface area (Å²) in [6.07, 6.45) is 2.17. The Balaban J connectivity index is 2.10. The number of rotatable bonds is 4. The zero-order valence-corrected chi connectivity index (χ0v) is 11.3. The van der Waals surface area contributed by atoms with Gasteiger partial charge in [0.25, 0.3) is 0 Å². The molecule has 2 nitrogen and oxygen atoms in total. The largest absolute Gasteiger partial charge is 0.496 e. The van der Waals surface area contributed by atoms with Gasteiger partial charge >= 0.3 is 0 Å². The second kappa shape index (κ2) is 4.34. The van der Waals surface area contributed by atoms with Gasteiger partial charge in [-0.3, -0.25) is 0 Å². The second-order valence-electron chi connectivity index (χ2n) is 5.98. The van der Waals surface area contributed by atoms with Gasteiger partial charge in [0.2, 0.25) is 0 Å². The molecule has 0 bridgehead atoms. The highest BCUT2D eigenvalue weighted by Crippen LogP contribution is 2.53. The fraction of sp³-hybridized carbons (Fsp3) is 0.600. The average molecular weight is 233 g/mol. The highest BCUT2D eigenvalue weighted by molar-refractivity contribution is 5.37. The van der Waals surface area contributed by atoms with Crippen LogP contribution in [-0.4, -0.2) is 13.2 Å². The highest BCUT2D eigenvalue weighted by Gasteiger charge is 2.48. The lowest BCUT2D eigenvalue weighted by molar-refractivity contribution is 0.403. The Morgan fingerprint density at radius 3 is 2.65 bits per heavy atom. The van der Waals surface area contributed by atoms with Crippen molar-refractivity contribution in [2.75, 3.05) is 7.11 Å². The van der Waals surface area contributed by atoms with Crippen LogP contribution in [-0.2, 0) is 6.42 Å². The smallest absolute Gasteiger partial charge is 0.122 e. The Morgan fingerprint density at radius 2 is 2.12 bits per heavy atom. The van der Waals surface area contributed by atoms with Gasteiger partial charge < -0.3 is 10.5 Å². The first kappa shape index (κ1) is 12.4. The standard InChI is InChI=1S/C15H23NO/c1-10-5-6-14(17-4)11(7-10)8-13(16)12-9-15(12,2)3/h5-7,12-13H,8-9,16H2,1-4H3. The summed E-state index contributed by atoms with van der Waals surface area (Å²) in [6.45, 7) is 6.70. The fourth-order valence-corrected chi connectivity index (χ4v) is 2.70. The highest BCUT2D eigenvalue weighted by atomic mass is 16.5. The molecule has 2 rings (SSSR count). The summed E-state index contributed by atoms with van der Waals surface area (Å²) in [5, 5.41) is 0. The molecule has 0 spiro atoms. The van der Waals surface area contributed by atoms with Crippen LogP contribution >= 0.6 is 0 Å². The maximum absolute atomic E-state index is 6.30. The number of hydrogen-bond donors (Lipinski definition) is 1. The Kier molecular flexibility index (Phi) is 3.17. The molecule has 0 radical (unpaired) electrons. The molecule has 0 heterocycles. The van der Waals surface area contributed by atoms with Crippen LogP contribution in [0.4, 0.5) is 0 Å². The molecule has 0 aromatic heterocycles. The van der Waals surface area contributed by atoms with Crippen LogP contribution in [0.15, 0.2) is 18.2 Å². The minimum Gasteiger partial charge on any atom is -0.496 e. The van der Waals surface area contributed by atoms with E-state index in [0.29, 0.717) is 11.3 Å². The van der Waals surface area contributed by atoms with Gasteiger partial charge in [-0.05, 0) is 42.7 Å². The Morgan fingerprint density at radius 1 is 1.47 bits per heavy atom. The van der Waals surface area contributed by atoms with E-state index in [4.69, 9.17) is 10.5 Å². The lowest BCUT2D eigenvalue weighted by atomic mass is 9.96. The average Bonchev–Trinajstić information content (AvgIpc) is 2.88. The molecule has 0 aliphatic heterocycles. The van der Waals surface area contributed by atoms with Crippen molar-refractivity contribution in [3.05, 3.63) is 29.3 Å². The van der Waals surface area contributed by atoms with Gasteiger partial charge in [-0.15, -0.1) is 0 Å². The van der Waals surface area contributed by atoms with Gasteiger partial charge in [0, 0.05) is 6.04 Å². The van der Waals surface area contributed by atoms with Crippen LogP contribution in [0.3, 0.4) is 0 Å². The minimum absolute atomic E-state index is 0.251. The van der Waals surface area contributed by atoms with Gasteiger partial charge in [-0.2, -0.15) is 0 Å². The summed E-state index contributed by atoms with van der Waals surface area (Å²) in [7, 11) is 1.72. The van der Waals surface area contributed by atoms with Crippen molar-refractivity contribution in [3.8, 4) is 5.75 Å². The molecule has 2 heteroatoms. The molecule has 1 aliphatic carbocycles. The zero-order valence-electron chi connectivity index (χ0n) is 11.3. The van der Waals surface area contributed by atoms with E-state index in [2.05, 4.69) is 32.9 Å². The molecule has 1 aromatic rings. The number of methoxy groups -OCH3 is 1. The number of benzene rings is 1. The van der Waals surface area contributed by atoms with Crippen LogP contribution in [0.5, 0.6) is 5.75 Å². The summed E-state index contributed by atoms with van der Waals surface area (Å²) < 4.78 is 5.40. The summed E-state index contributed by atoms with van der Waals surface area (Å²) >= 11 is 0. The van der Waals surface area contributed by atoms with E-state index in [1.807, 2.05) is 6.07 Å². The van der Waals surface area contributed by atoms with Crippen molar-refractivity contribution in [2.24, 2.45) is 17.1 Å². The van der Waals surface area contributed by atoms with E-state index in [1.165, 1.54) is 17.5 Å². The van der Waals surface area contributed by atoms with Gasteiger partial charge in [-0.1, -0.05) is 31.5 Å². The Bertz CT molecular complexity index is 411. The van der Waals surface area contributed by atoms with Crippen LogP contribution in [0, 0.1) is 18.3 Å². The van der Waals surface area contributed by atoms with E-state index in [1.54, 1.807) is 7.11 Å². The van der Waals surface area contributed by atoms with Crippen molar-refractivity contribution in [1.29, 1.82) is 0 Å². The molecule has 1 saturated carbocycles. The van der Waals surface area contributed by atoms with Crippen molar-refractivity contribution < 1.29 is 4.74 Å². The molecular formula is C15H23NO. The molecule has 0 saturated heterocycles. The topological polar surface area (TPSA) is 35.2 Å². The molecule has 2 atom stereocenters. The minimum atomic E-state index is 0.251. The van der Waals surface area contributed by atoms with Gasteiger partial charge in [0.1, 0.15) is 5.75 Å². The van der Waals surface area contributed by atoms with E-state index in [9.17, 15) is 0 Å². The molecule has 2 unspecified atom stereocenters. The first-order chi connectivity index (χ1) is 7.94. The summed E-state index contributed by atoms with van der Waals surface area (Å²) in [5.41, 5.74) is 9.25. The van der Waals surface area contributed by atoms with Crippen molar-refractivity contribution in [3.63, 3.8) is 0 Å². The first-order valence-electron chi connectivity index (χ1n) is 6.33. The molecular weight excluding hydrogens is 210 g/mol. The maximum Gasteiger partial charge on any atom is 0.122 e. The predicted octanol–water partition coefficient (Wildman–Crippen LogP) is 2.92. The molecule has 1 fully saturated rings. The van der Waals surface area contributed by atoms with E-state index < -0.39 is 0 Å². The van der Waals surface area contributed by atoms with Crippen LogP contribution in [0.1, 0.15) is 31.4 Å². The predicted molar refractivity (Wildman–Crippen MR) is 71.3 cm³/mol. The molecule has 2 N–H and O–H groups in total.